The Morgan fingerprint density at radius 2 is 1.81 bits per heavy atom. The van der Waals surface area contributed by atoms with Crippen LogP contribution in [0.3, 0.4) is 0 Å². The van der Waals surface area contributed by atoms with Gasteiger partial charge in [-0.2, -0.15) is 0 Å². The number of anilines is 2. The molecule has 3 aromatic rings. The summed E-state index contributed by atoms with van der Waals surface area (Å²) in [6.07, 6.45) is 0. The molecule has 0 radical (unpaired) electrons. The van der Waals surface area contributed by atoms with Crippen molar-refractivity contribution in [3.63, 3.8) is 0 Å². The standard InChI is InChI=1S/C21H24N4O4S3/c1-15(2)14-30-21-24-23-20(31-21)22-19(26)13-25(16-9-11-17(29-3)12-10-16)32(27,28)18-7-5-4-6-8-18/h4-12,15H,13-14H2,1-3H3,(H,22,23,26). The third-order valence-corrected chi connectivity index (χ3v) is 8.36. The third kappa shape index (κ3) is 6.21. The Morgan fingerprint density at radius 3 is 2.44 bits per heavy atom. The number of hydrogen-bond acceptors (Lipinski definition) is 8. The van der Waals surface area contributed by atoms with E-state index in [0.29, 0.717) is 22.5 Å². The molecule has 1 heterocycles. The maximum atomic E-state index is 13.3. The molecule has 0 aliphatic carbocycles. The van der Waals surface area contributed by atoms with Crippen molar-refractivity contribution in [2.45, 2.75) is 23.1 Å². The van der Waals surface area contributed by atoms with E-state index in [0.717, 1.165) is 14.4 Å². The van der Waals surface area contributed by atoms with Gasteiger partial charge in [0.15, 0.2) is 4.34 Å². The van der Waals surface area contributed by atoms with Crippen molar-refractivity contribution in [2.75, 3.05) is 29.0 Å². The summed E-state index contributed by atoms with van der Waals surface area (Å²) in [5.74, 6) is 1.46. The molecule has 170 valence electrons. The van der Waals surface area contributed by atoms with Crippen molar-refractivity contribution in [3.05, 3.63) is 54.6 Å². The molecular formula is C21H24N4O4S3. The first-order chi connectivity index (χ1) is 15.3. The number of thioether (sulfide) groups is 1. The summed E-state index contributed by atoms with van der Waals surface area (Å²) < 4.78 is 33.6. The SMILES string of the molecule is COc1ccc(N(CC(=O)Nc2nnc(SCC(C)C)s2)S(=O)(=O)c2ccccc2)cc1. The van der Waals surface area contributed by atoms with Crippen LogP contribution in [0, 0.1) is 5.92 Å². The molecule has 32 heavy (non-hydrogen) atoms. The van der Waals surface area contributed by atoms with Crippen LogP contribution in [0.15, 0.2) is 63.8 Å². The lowest BCUT2D eigenvalue weighted by molar-refractivity contribution is -0.114. The predicted octanol–water partition coefficient (Wildman–Crippen LogP) is 4.13. The van der Waals surface area contributed by atoms with Gasteiger partial charge in [0.2, 0.25) is 11.0 Å². The Kier molecular flexibility index (Phi) is 8.10. The number of aromatic nitrogens is 2. The summed E-state index contributed by atoms with van der Waals surface area (Å²) in [6.45, 7) is 3.80. The van der Waals surface area contributed by atoms with Crippen LogP contribution >= 0.6 is 23.1 Å². The number of benzene rings is 2. The summed E-state index contributed by atoms with van der Waals surface area (Å²) in [6, 6.07) is 14.5. The molecule has 0 unspecified atom stereocenters. The van der Waals surface area contributed by atoms with Gasteiger partial charge in [-0.25, -0.2) is 8.42 Å². The van der Waals surface area contributed by atoms with Crippen molar-refractivity contribution in [3.8, 4) is 5.75 Å². The van der Waals surface area contributed by atoms with E-state index in [1.807, 2.05) is 0 Å². The van der Waals surface area contributed by atoms with Crippen LogP contribution in [0.2, 0.25) is 0 Å². The Morgan fingerprint density at radius 1 is 1.12 bits per heavy atom. The lowest BCUT2D eigenvalue weighted by Gasteiger charge is -2.24. The third-order valence-electron chi connectivity index (χ3n) is 4.17. The van der Waals surface area contributed by atoms with Gasteiger partial charge in [-0.15, -0.1) is 10.2 Å². The number of amides is 1. The average molecular weight is 493 g/mol. The molecule has 0 saturated carbocycles. The van der Waals surface area contributed by atoms with Crippen LogP contribution in [0.25, 0.3) is 0 Å². The van der Waals surface area contributed by atoms with E-state index in [2.05, 4.69) is 29.4 Å². The maximum absolute atomic E-state index is 13.3. The van der Waals surface area contributed by atoms with Gasteiger partial charge in [0.05, 0.1) is 17.7 Å². The second-order valence-corrected chi connectivity index (χ2v) is 11.3. The zero-order valence-electron chi connectivity index (χ0n) is 17.9. The summed E-state index contributed by atoms with van der Waals surface area (Å²) >= 11 is 2.83. The first kappa shape index (κ1) is 24.0. The molecule has 0 fully saturated rings. The quantitative estimate of drug-likeness (QED) is 0.335. The average Bonchev–Trinajstić information content (AvgIpc) is 3.24. The molecule has 11 heteroatoms. The molecule has 0 spiro atoms. The Bertz CT molecular complexity index is 1130. The maximum Gasteiger partial charge on any atom is 0.264 e. The summed E-state index contributed by atoms with van der Waals surface area (Å²) in [5, 5.41) is 11.0. The summed E-state index contributed by atoms with van der Waals surface area (Å²) in [5.41, 5.74) is 0.343. The largest absolute Gasteiger partial charge is 0.497 e. The van der Waals surface area contributed by atoms with Gasteiger partial charge in [0.1, 0.15) is 12.3 Å². The van der Waals surface area contributed by atoms with E-state index in [1.54, 1.807) is 54.2 Å². The van der Waals surface area contributed by atoms with Gasteiger partial charge in [-0.05, 0) is 42.3 Å². The van der Waals surface area contributed by atoms with E-state index in [-0.39, 0.29) is 4.90 Å². The topological polar surface area (TPSA) is 101 Å². The number of ether oxygens (including phenoxy) is 1. The summed E-state index contributed by atoms with van der Waals surface area (Å²) in [7, 11) is -2.45. The molecule has 0 aliphatic heterocycles. The zero-order valence-corrected chi connectivity index (χ0v) is 20.3. The number of carbonyl (C=O) groups is 1. The molecule has 3 rings (SSSR count). The number of hydrogen-bond donors (Lipinski definition) is 1. The van der Waals surface area contributed by atoms with Crippen LogP contribution < -0.4 is 14.4 Å². The van der Waals surface area contributed by atoms with Gasteiger partial charge < -0.3 is 4.74 Å². The highest BCUT2D eigenvalue weighted by atomic mass is 32.2. The Balaban J connectivity index is 1.81. The highest BCUT2D eigenvalue weighted by molar-refractivity contribution is 8.01. The Hall–Kier alpha value is -2.63. The second kappa shape index (κ2) is 10.8. The van der Waals surface area contributed by atoms with E-state index >= 15 is 0 Å². The van der Waals surface area contributed by atoms with Crippen LogP contribution in [-0.2, 0) is 14.8 Å². The highest BCUT2D eigenvalue weighted by Gasteiger charge is 2.27. The predicted molar refractivity (Wildman–Crippen MR) is 128 cm³/mol. The minimum Gasteiger partial charge on any atom is -0.497 e. The minimum absolute atomic E-state index is 0.0897. The van der Waals surface area contributed by atoms with Crippen molar-refractivity contribution >= 4 is 49.8 Å². The van der Waals surface area contributed by atoms with Crippen molar-refractivity contribution < 1.29 is 17.9 Å². The monoisotopic (exact) mass is 492 g/mol. The van der Waals surface area contributed by atoms with Crippen LogP contribution in [0.1, 0.15) is 13.8 Å². The minimum atomic E-state index is -3.98. The lowest BCUT2D eigenvalue weighted by Crippen LogP contribution is -2.38. The first-order valence-electron chi connectivity index (χ1n) is 9.77. The molecule has 1 N–H and O–H groups in total. The number of rotatable bonds is 10. The molecule has 0 atom stereocenters. The molecule has 0 bridgehead atoms. The van der Waals surface area contributed by atoms with Gasteiger partial charge in [0.25, 0.3) is 10.0 Å². The number of nitrogens with one attached hydrogen (secondary N) is 1. The Labute approximate surface area is 196 Å². The van der Waals surface area contributed by atoms with E-state index < -0.39 is 22.5 Å². The highest BCUT2D eigenvalue weighted by Crippen LogP contribution is 2.28. The number of sulfonamides is 1. The normalized spacial score (nSPS) is 11.4. The van der Waals surface area contributed by atoms with Gasteiger partial charge in [0, 0.05) is 5.75 Å². The smallest absolute Gasteiger partial charge is 0.264 e. The molecule has 8 nitrogen and oxygen atoms in total. The lowest BCUT2D eigenvalue weighted by atomic mass is 10.3. The summed E-state index contributed by atoms with van der Waals surface area (Å²) in [4.78, 5) is 12.9. The molecule has 2 aromatic carbocycles. The van der Waals surface area contributed by atoms with Crippen molar-refractivity contribution in [1.29, 1.82) is 0 Å². The van der Waals surface area contributed by atoms with Crippen LogP contribution in [0.5, 0.6) is 5.75 Å². The molecule has 1 aromatic heterocycles. The van der Waals surface area contributed by atoms with Crippen LogP contribution in [0.4, 0.5) is 10.8 Å². The molecule has 1 amide bonds. The number of methoxy groups -OCH3 is 1. The van der Waals surface area contributed by atoms with Gasteiger partial charge >= 0.3 is 0 Å². The number of nitrogens with zero attached hydrogens (tertiary/aromatic N) is 3. The molecule has 0 saturated heterocycles. The van der Waals surface area contributed by atoms with E-state index in [9.17, 15) is 13.2 Å². The van der Waals surface area contributed by atoms with Gasteiger partial charge in [-0.3, -0.25) is 14.4 Å². The van der Waals surface area contributed by atoms with E-state index in [1.165, 1.54) is 30.6 Å². The molecular weight excluding hydrogens is 468 g/mol. The zero-order chi connectivity index (χ0) is 23.1. The van der Waals surface area contributed by atoms with Crippen molar-refractivity contribution in [2.24, 2.45) is 5.92 Å². The number of carbonyl (C=O) groups excluding carboxylic acids is 1. The van der Waals surface area contributed by atoms with Gasteiger partial charge in [-0.1, -0.05) is 55.1 Å². The second-order valence-electron chi connectivity index (χ2n) is 7.15. The van der Waals surface area contributed by atoms with Crippen molar-refractivity contribution in [1.82, 2.24) is 10.2 Å². The molecule has 0 aliphatic rings. The van der Waals surface area contributed by atoms with E-state index in [4.69, 9.17) is 4.74 Å². The first-order valence-corrected chi connectivity index (χ1v) is 13.0. The fourth-order valence-electron chi connectivity index (χ4n) is 2.63. The fraction of sp³-hybridized carbons (Fsp3) is 0.286. The fourth-order valence-corrected chi connectivity index (χ4v) is 5.82. The van der Waals surface area contributed by atoms with Crippen LogP contribution in [-0.4, -0.2) is 43.9 Å².